The second-order valence-electron chi connectivity index (χ2n) is 5.31. The second kappa shape index (κ2) is 4.02. The molecule has 1 saturated heterocycles. The summed E-state index contributed by atoms with van der Waals surface area (Å²) in [7, 11) is 1.58. The van der Waals surface area contributed by atoms with E-state index in [9.17, 15) is 14.4 Å². The highest BCUT2D eigenvalue weighted by Gasteiger charge is 2.72. The quantitative estimate of drug-likeness (QED) is 0.546. The first kappa shape index (κ1) is 13.0. The zero-order chi connectivity index (χ0) is 13.7. The van der Waals surface area contributed by atoms with Crippen molar-refractivity contribution in [3.8, 4) is 0 Å². The van der Waals surface area contributed by atoms with Gasteiger partial charge in [0.05, 0.1) is 0 Å². The molecule has 2 heterocycles. The Kier molecular flexibility index (Phi) is 2.89. The number of hydrogen-bond acceptors (Lipinski definition) is 4. The summed E-state index contributed by atoms with van der Waals surface area (Å²) in [6, 6.07) is 0. The molecule has 5 heteroatoms. The molecule has 1 fully saturated rings. The monoisotopic (exact) mass is 251 g/mol. The molecule has 1 spiro atoms. The predicted molar refractivity (Wildman–Crippen MR) is 63.6 cm³/mol. The van der Waals surface area contributed by atoms with E-state index in [4.69, 9.17) is 4.74 Å². The van der Waals surface area contributed by atoms with Gasteiger partial charge in [-0.25, -0.2) is 0 Å². The summed E-state index contributed by atoms with van der Waals surface area (Å²) in [5.41, 5.74) is -0.985. The Labute approximate surface area is 106 Å². The van der Waals surface area contributed by atoms with Gasteiger partial charge in [0.1, 0.15) is 0 Å². The van der Waals surface area contributed by atoms with Crippen molar-refractivity contribution in [2.24, 2.45) is 5.92 Å². The number of likely N-dealkylation sites (N-methyl/N-ethyl adjacent to an activating group) is 1. The molecule has 2 aliphatic rings. The summed E-state index contributed by atoms with van der Waals surface area (Å²) in [5, 5.41) is 0. The number of carbonyl (C=O) groups is 3. The standard InChI is InChI=1S/C13H17NO4/c1-7(2)5-9(15)11-13(18-11)10(16)6-8(3)14(4)12(13)17/h6-7,11H,5H2,1-4H3/t11-,13-/m0/s1. The molecule has 0 aromatic carbocycles. The summed E-state index contributed by atoms with van der Waals surface area (Å²) >= 11 is 0. The second-order valence-corrected chi connectivity index (χ2v) is 5.31. The first-order valence-corrected chi connectivity index (χ1v) is 6.02. The fourth-order valence-corrected chi connectivity index (χ4v) is 2.21. The molecule has 98 valence electrons. The molecule has 2 atom stereocenters. The summed E-state index contributed by atoms with van der Waals surface area (Å²) in [6.07, 6.45) is 0.787. The van der Waals surface area contributed by atoms with Crippen LogP contribution in [0.1, 0.15) is 27.2 Å². The SMILES string of the molecule is CC1=CC(=O)[C@@]2(O[C@H]2C(=O)CC(C)C)C(=O)N1C. The number of epoxide rings is 1. The van der Waals surface area contributed by atoms with E-state index in [1.54, 1.807) is 14.0 Å². The summed E-state index contributed by atoms with van der Waals surface area (Å²) < 4.78 is 5.22. The van der Waals surface area contributed by atoms with Gasteiger partial charge in [0.15, 0.2) is 11.9 Å². The maximum Gasteiger partial charge on any atom is 0.270 e. The Morgan fingerprint density at radius 1 is 1.50 bits per heavy atom. The van der Waals surface area contributed by atoms with Crippen molar-refractivity contribution in [3.63, 3.8) is 0 Å². The van der Waals surface area contributed by atoms with Gasteiger partial charge in [0, 0.05) is 25.2 Å². The first-order chi connectivity index (χ1) is 8.30. The van der Waals surface area contributed by atoms with Crippen molar-refractivity contribution in [1.82, 2.24) is 4.90 Å². The molecule has 2 rings (SSSR count). The van der Waals surface area contributed by atoms with Crippen molar-refractivity contribution in [3.05, 3.63) is 11.8 Å². The van der Waals surface area contributed by atoms with Crippen LogP contribution in [0.25, 0.3) is 0 Å². The van der Waals surface area contributed by atoms with Gasteiger partial charge in [-0.3, -0.25) is 14.4 Å². The molecule has 0 unspecified atom stereocenters. The lowest BCUT2D eigenvalue weighted by Crippen LogP contribution is -2.49. The van der Waals surface area contributed by atoms with E-state index in [1.807, 2.05) is 13.8 Å². The molecule has 0 N–H and O–H groups in total. The fourth-order valence-electron chi connectivity index (χ4n) is 2.21. The molecule has 0 aromatic heterocycles. The Morgan fingerprint density at radius 2 is 2.11 bits per heavy atom. The number of Topliss-reactive ketones (excluding diaryl/α,β-unsaturated/α-hetero) is 1. The van der Waals surface area contributed by atoms with E-state index >= 15 is 0 Å². The highest BCUT2D eigenvalue weighted by molar-refractivity contribution is 6.23. The van der Waals surface area contributed by atoms with Crippen molar-refractivity contribution in [2.75, 3.05) is 7.05 Å². The zero-order valence-electron chi connectivity index (χ0n) is 11.0. The molecular formula is C13H17NO4. The molecule has 0 saturated carbocycles. The van der Waals surface area contributed by atoms with Crippen molar-refractivity contribution < 1.29 is 19.1 Å². The molecule has 18 heavy (non-hydrogen) atoms. The molecule has 0 aromatic rings. The third kappa shape index (κ3) is 1.70. The minimum Gasteiger partial charge on any atom is -0.339 e. The van der Waals surface area contributed by atoms with Gasteiger partial charge in [-0.2, -0.15) is 0 Å². The molecule has 0 aliphatic carbocycles. The number of rotatable bonds is 3. The number of allylic oxidation sites excluding steroid dienone is 1. The van der Waals surface area contributed by atoms with E-state index in [2.05, 4.69) is 0 Å². The van der Waals surface area contributed by atoms with Crippen LogP contribution in [0.15, 0.2) is 11.8 Å². The van der Waals surface area contributed by atoms with E-state index in [-0.39, 0.29) is 11.7 Å². The first-order valence-electron chi connectivity index (χ1n) is 6.02. The maximum absolute atomic E-state index is 12.1. The van der Waals surface area contributed by atoms with Crippen LogP contribution >= 0.6 is 0 Å². The highest BCUT2D eigenvalue weighted by atomic mass is 16.6. The number of ether oxygens (including phenoxy) is 1. The van der Waals surface area contributed by atoms with Gasteiger partial charge < -0.3 is 9.64 Å². The Morgan fingerprint density at radius 3 is 2.67 bits per heavy atom. The topological polar surface area (TPSA) is 67.0 Å². The van der Waals surface area contributed by atoms with Gasteiger partial charge >= 0.3 is 0 Å². The minimum absolute atomic E-state index is 0.173. The zero-order valence-corrected chi connectivity index (χ0v) is 11.0. The Bertz CT molecular complexity index is 466. The van der Waals surface area contributed by atoms with Gasteiger partial charge in [-0.05, 0) is 12.8 Å². The lowest BCUT2D eigenvalue weighted by Gasteiger charge is -2.25. The lowest BCUT2D eigenvalue weighted by molar-refractivity contribution is -0.141. The van der Waals surface area contributed by atoms with Gasteiger partial charge in [0.25, 0.3) is 5.91 Å². The fraction of sp³-hybridized carbons (Fsp3) is 0.615. The molecule has 5 nitrogen and oxygen atoms in total. The van der Waals surface area contributed by atoms with Crippen LogP contribution in [0.3, 0.4) is 0 Å². The summed E-state index contributed by atoms with van der Waals surface area (Å²) in [4.78, 5) is 37.3. The Hall–Kier alpha value is -1.49. The third-order valence-corrected chi connectivity index (χ3v) is 3.38. The molecule has 1 amide bonds. The van der Waals surface area contributed by atoms with Crippen LogP contribution in [0, 0.1) is 5.92 Å². The van der Waals surface area contributed by atoms with Crippen LogP contribution in [-0.4, -0.2) is 41.1 Å². The smallest absolute Gasteiger partial charge is 0.270 e. The molecule has 0 radical (unpaired) electrons. The van der Waals surface area contributed by atoms with E-state index in [0.717, 1.165) is 0 Å². The van der Waals surface area contributed by atoms with Crippen LogP contribution < -0.4 is 0 Å². The van der Waals surface area contributed by atoms with E-state index in [1.165, 1.54) is 11.0 Å². The predicted octanol–water partition coefficient (Wildman–Crippen LogP) is 0.684. The summed E-state index contributed by atoms with van der Waals surface area (Å²) in [5.74, 6) is -0.838. The van der Waals surface area contributed by atoms with E-state index < -0.39 is 23.4 Å². The third-order valence-electron chi connectivity index (χ3n) is 3.38. The number of carbonyl (C=O) groups excluding carboxylic acids is 3. The van der Waals surface area contributed by atoms with E-state index in [0.29, 0.717) is 12.1 Å². The largest absolute Gasteiger partial charge is 0.339 e. The molecule has 0 bridgehead atoms. The molecular weight excluding hydrogens is 234 g/mol. The Balaban J connectivity index is 2.23. The lowest BCUT2D eigenvalue weighted by atomic mass is 9.90. The normalized spacial score (nSPS) is 31.1. The molecule has 2 aliphatic heterocycles. The number of hydrogen-bond donors (Lipinski definition) is 0. The average molecular weight is 251 g/mol. The maximum atomic E-state index is 12.1. The van der Waals surface area contributed by atoms with Crippen LogP contribution in [0.2, 0.25) is 0 Å². The van der Waals surface area contributed by atoms with Crippen molar-refractivity contribution in [1.29, 1.82) is 0 Å². The average Bonchev–Trinajstić information content (AvgIpc) is 3.00. The van der Waals surface area contributed by atoms with Crippen LogP contribution in [0.4, 0.5) is 0 Å². The summed E-state index contributed by atoms with van der Waals surface area (Å²) in [6.45, 7) is 5.50. The van der Waals surface area contributed by atoms with Crippen LogP contribution in [-0.2, 0) is 19.1 Å². The number of nitrogens with zero attached hydrogens (tertiary/aromatic N) is 1. The highest BCUT2D eigenvalue weighted by Crippen LogP contribution is 2.43. The van der Waals surface area contributed by atoms with Crippen LogP contribution in [0.5, 0.6) is 0 Å². The minimum atomic E-state index is -1.56. The van der Waals surface area contributed by atoms with Gasteiger partial charge in [0.2, 0.25) is 11.4 Å². The van der Waals surface area contributed by atoms with Gasteiger partial charge in [-0.15, -0.1) is 0 Å². The van der Waals surface area contributed by atoms with Gasteiger partial charge in [-0.1, -0.05) is 13.8 Å². The number of ketones is 2. The van der Waals surface area contributed by atoms with Crippen molar-refractivity contribution >= 4 is 17.5 Å². The van der Waals surface area contributed by atoms with Crippen molar-refractivity contribution in [2.45, 2.75) is 38.9 Å². The number of amides is 1.